The van der Waals surface area contributed by atoms with Crippen LogP contribution in [0.4, 0.5) is 0 Å². The van der Waals surface area contributed by atoms with Crippen LogP contribution < -0.4 is 16.2 Å². The van der Waals surface area contributed by atoms with E-state index in [0.29, 0.717) is 13.0 Å². The summed E-state index contributed by atoms with van der Waals surface area (Å²) < 4.78 is 0. The summed E-state index contributed by atoms with van der Waals surface area (Å²) in [7, 11) is 0. The van der Waals surface area contributed by atoms with Crippen LogP contribution in [0.2, 0.25) is 0 Å². The number of carbonyl (C=O) groups is 3. The van der Waals surface area contributed by atoms with Gasteiger partial charge in [0, 0.05) is 6.54 Å². The Labute approximate surface area is 111 Å². The molecule has 1 fully saturated rings. The smallest absolute Gasteiger partial charge is 0.281 e. The Bertz CT molecular complexity index is 358. The Hall–Kier alpha value is -1.67. The molecule has 8 nitrogen and oxygen atoms in total. The lowest BCUT2D eigenvalue weighted by Crippen LogP contribution is -2.67. The number of amides is 2. The molecule has 1 aliphatic heterocycles. The van der Waals surface area contributed by atoms with Crippen molar-refractivity contribution in [3.8, 4) is 0 Å². The van der Waals surface area contributed by atoms with Crippen molar-refractivity contribution in [1.82, 2.24) is 10.2 Å². The molecule has 0 aromatic heterocycles. The van der Waals surface area contributed by atoms with E-state index in [1.165, 1.54) is 11.8 Å². The Morgan fingerprint density at radius 2 is 1.95 bits per heavy atom. The summed E-state index contributed by atoms with van der Waals surface area (Å²) in [5.41, 5.74) is 3.64. The summed E-state index contributed by atoms with van der Waals surface area (Å²) in [6.45, 7) is 3.51. The minimum Gasteiger partial charge on any atom is -0.548 e. The molecule has 0 bridgehead atoms. The topological polar surface area (TPSA) is 149 Å². The lowest BCUT2D eigenvalue weighted by molar-refractivity contribution is -0.400. The largest absolute Gasteiger partial charge is 0.548 e. The predicted octanol–water partition coefficient (Wildman–Crippen LogP) is -3.96. The fourth-order valence-electron chi connectivity index (χ4n) is 1.95. The minimum absolute atomic E-state index is 0. The second-order valence-corrected chi connectivity index (χ2v) is 4.64. The van der Waals surface area contributed by atoms with Gasteiger partial charge in [-0.2, -0.15) is 0 Å². The van der Waals surface area contributed by atoms with Crippen LogP contribution in [0.15, 0.2) is 0 Å². The highest BCUT2D eigenvalue weighted by atomic mass is 16.4. The third kappa shape index (κ3) is 4.18. The molecule has 0 unspecified atom stereocenters. The van der Waals surface area contributed by atoms with Crippen molar-refractivity contribution < 1.29 is 30.7 Å². The Kier molecular flexibility index (Phi) is 6.43. The molecule has 0 aliphatic carbocycles. The molecule has 8 heteroatoms. The number of rotatable bonds is 4. The first-order valence-electron chi connectivity index (χ1n) is 5.99. The van der Waals surface area contributed by atoms with Crippen LogP contribution in [0.5, 0.6) is 0 Å². The molecule has 0 aromatic carbocycles. The van der Waals surface area contributed by atoms with Crippen molar-refractivity contribution >= 4 is 17.8 Å². The summed E-state index contributed by atoms with van der Waals surface area (Å²) >= 11 is 0. The van der Waals surface area contributed by atoms with E-state index in [4.69, 9.17) is 0 Å². The number of hydrogen-bond acceptors (Lipinski definition) is 4. The molecular weight excluding hydrogens is 254 g/mol. The maximum Gasteiger partial charge on any atom is 0.281 e. The molecule has 0 aromatic rings. The monoisotopic (exact) mass is 275 g/mol. The molecule has 1 rings (SSSR count). The highest BCUT2D eigenvalue weighted by Gasteiger charge is 2.36. The summed E-state index contributed by atoms with van der Waals surface area (Å²) in [6.07, 6.45) is 1.28. The van der Waals surface area contributed by atoms with Gasteiger partial charge in [0.2, 0.25) is 5.91 Å². The maximum atomic E-state index is 11.9. The summed E-state index contributed by atoms with van der Waals surface area (Å²) in [4.78, 5) is 35.7. The van der Waals surface area contributed by atoms with E-state index in [2.05, 4.69) is 11.1 Å². The summed E-state index contributed by atoms with van der Waals surface area (Å²) in [6, 6.07) is -2.08. The van der Waals surface area contributed by atoms with E-state index >= 15 is 0 Å². The van der Waals surface area contributed by atoms with Gasteiger partial charge in [0.15, 0.2) is 6.04 Å². The number of nitrogens with zero attached hydrogens (tertiary/aromatic N) is 1. The van der Waals surface area contributed by atoms with Gasteiger partial charge in [-0.05, 0) is 26.7 Å². The predicted molar refractivity (Wildman–Crippen MR) is 63.3 cm³/mol. The molecule has 3 atom stereocenters. The molecule has 1 aliphatic rings. The van der Waals surface area contributed by atoms with Crippen molar-refractivity contribution in [1.29, 1.82) is 0 Å². The maximum absolute atomic E-state index is 11.9. The van der Waals surface area contributed by atoms with Crippen LogP contribution in [0.3, 0.4) is 0 Å². The number of nitrogens with one attached hydrogen (secondary N) is 1. The second-order valence-electron chi connectivity index (χ2n) is 4.64. The number of quaternary nitrogens is 1. The van der Waals surface area contributed by atoms with Gasteiger partial charge in [-0.3, -0.25) is 9.59 Å². The fraction of sp³-hybridized carbons (Fsp3) is 0.727. The first kappa shape index (κ1) is 17.3. The molecule has 19 heavy (non-hydrogen) atoms. The van der Waals surface area contributed by atoms with Crippen molar-refractivity contribution in [2.75, 3.05) is 6.54 Å². The van der Waals surface area contributed by atoms with Gasteiger partial charge in [0.05, 0.1) is 12.0 Å². The number of carbonyl (C=O) groups excluding carboxylic acids is 3. The van der Waals surface area contributed by atoms with E-state index in [1.807, 2.05) is 0 Å². The number of carboxylic acid groups (broad SMARTS) is 1. The lowest BCUT2D eigenvalue weighted by Gasteiger charge is -2.26. The zero-order valence-electron chi connectivity index (χ0n) is 11.1. The molecule has 0 saturated carbocycles. The lowest BCUT2D eigenvalue weighted by atomic mass is 10.1. The number of likely N-dealkylation sites (tertiary alicyclic amines) is 1. The van der Waals surface area contributed by atoms with Gasteiger partial charge < -0.3 is 31.3 Å². The first-order chi connectivity index (χ1) is 8.34. The van der Waals surface area contributed by atoms with Crippen molar-refractivity contribution in [3.63, 3.8) is 0 Å². The third-order valence-corrected chi connectivity index (χ3v) is 2.97. The van der Waals surface area contributed by atoms with E-state index in [1.54, 1.807) is 6.92 Å². The zero-order valence-corrected chi connectivity index (χ0v) is 11.1. The molecule has 1 saturated heterocycles. The highest BCUT2D eigenvalue weighted by molar-refractivity contribution is 5.91. The van der Waals surface area contributed by atoms with Crippen LogP contribution in [0, 0.1) is 0 Å². The second kappa shape index (κ2) is 7.05. The Morgan fingerprint density at radius 3 is 2.42 bits per heavy atom. The van der Waals surface area contributed by atoms with Crippen molar-refractivity contribution in [2.45, 2.75) is 44.8 Å². The normalized spacial score (nSPS) is 21.2. The number of hydrogen-bond donors (Lipinski definition) is 2. The Balaban J connectivity index is 0.00000324. The molecule has 110 valence electrons. The van der Waals surface area contributed by atoms with E-state index in [9.17, 15) is 19.5 Å². The number of carboxylic acids is 1. The van der Waals surface area contributed by atoms with Crippen LogP contribution in [0.25, 0.3) is 0 Å². The third-order valence-electron chi connectivity index (χ3n) is 2.97. The average Bonchev–Trinajstić information content (AvgIpc) is 2.76. The molecule has 0 spiro atoms. The minimum atomic E-state index is -1.34. The van der Waals surface area contributed by atoms with Gasteiger partial charge >= 0.3 is 0 Å². The van der Waals surface area contributed by atoms with E-state index < -0.39 is 30.0 Å². The average molecular weight is 275 g/mol. The summed E-state index contributed by atoms with van der Waals surface area (Å²) in [5, 5.41) is 12.9. The van der Waals surface area contributed by atoms with Crippen molar-refractivity contribution in [3.05, 3.63) is 0 Å². The van der Waals surface area contributed by atoms with Gasteiger partial charge in [0.25, 0.3) is 5.91 Å². The molecule has 1 heterocycles. The van der Waals surface area contributed by atoms with Crippen LogP contribution in [-0.2, 0) is 14.4 Å². The quantitative estimate of drug-likeness (QED) is 0.538. The zero-order chi connectivity index (χ0) is 13.9. The van der Waals surface area contributed by atoms with Crippen LogP contribution >= 0.6 is 0 Å². The molecule has 6 N–H and O–H groups in total. The number of aliphatic carboxylic acids is 1. The highest BCUT2D eigenvalue weighted by Crippen LogP contribution is 2.18. The van der Waals surface area contributed by atoms with Gasteiger partial charge in [-0.15, -0.1) is 0 Å². The molecular formula is C11H21N3O5. The fourth-order valence-corrected chi connectivity index (χ4v) is 1.95. The summed E-state index contributed by atoms with van der Waals surface area (Å²) in [5.74, 6) is -1.98. The van der Waals surface area contributed by atoms with E-state index in [0.717, 1.165) is 6.42 Å². The van der Waals surface area contributed by atoms with Gasteiger partial charge in [0.1, 0.15) is 6.04 Å². The van der Waals surface area contributed by atoms with Crippen molar-refractivity contribution in [2.24, 2.45) is 0 Å². The standard InChI is InChI=1S/C11H19N3O4.H2O/c1-6(12)10(16)14-5-3-4-8(14)9(15)13-7(2)11(17)18;/h6-8H,3-5,12H2,1-2H3,(H,13,15)(H,17,18);1H2/t6-,7-,8-;/m0./s1. The van der Waals surface area contributed by atoms with Gasteiger partial charge in [-0.25, -0.2) is 0 Å². The van der Waals surface area contributed by atoms with E-state index in [-0.39, 0.29) is 11.4 Å². The molecule has 2 amide bonds. The molecule has 0 radical (unpaired) electrons. The van der Waals surface area contributed by atoms with Crippen LogP contribution in [0.1, 0.15) is 26.7 Å². The van der Waals surface area contributed by atoms with Gasteiger partial charge in [-0.1, -0.05) is 0 Å². The Morgan fingerprint density at radius 1 is 1.37 bits per heavy atom. The van der Waals surface area contributed by atoms with Crippen LogP contribution in [-0.4, -0.2) is 52.8 Å². The SMILES string of the molecule is C[C@H]([NH3+])C(=O)N1CCC[C@H]1C(=O)N[C@@H](C)C(=O)[O-].O. The first-order valence-corrected chi connectivity index (χ1v) is 5.99.